The van der Waals surface area contributed by atoms with Crippen molar-refractivity contribution >= 4 is 43.9 Å². The Labute approximate surface area is 245 Å². The smallest absolute Gasteiger partial charge is 0.264 e. The summed E-state index contributed by atoms with van der Waals surface area (Å²) in [7, 11) is -8.47. The monoisotopic (exact) mass is 584 g/mol. The predicted octanol–water partition coefficient (Wildman–Crippen LogP) is 7.85. The van der Waals surface area contributed by atoms with E-state index in [1.807, 2.05) is 0 Å². The Morgan fingerprint density at radius 2 is 0.595 bits per heavy atom. The fourth-order valence-electron chi connectivity index (χ4n) is 3.86. The van der Waals surface area contributed by atoms with Crippen molar-refractivity contribution in [3.63, 3.8) is 0 Å². The van der Waals surface area contributed by atoms with E-state index in [-0.39, 0.29) is 36.3 Å². The first-order valence-corrected chi connectivity index (χ1v) is 17.1. The van der Waals surface area contributed by atoms with Crippen LogP contribution >= 0.6 is 0 Å². The summed E-state index contributed by atoms with van der Waals surface area (Å²) in [5.41, 5.74) is 0. The Hall–Kier alpha value is 0.506. The van der Waals surface area contributed by atoms with Gasteiger partial charge in [0, 0.05) is 0 Å². The maximum Gasteiger partial charge on any atom is 2.00 e. The third-order valence-corrected chi connectivity index (χ3v) is 6.89. The zero-order chi connectivity index (χ0) is 27.4. The molecule has 0 heterocycles. The molecular weight excluding hydrogens is 529 g/mol. The number of hydrogen-bond donors (Lipinski definition) is 2. The van der Waals surface area contributed by atoms with Gasteiger partial charge in [0.15, 0.2) is 0 Å². The molecule has 0 aromatic heterocycles. The maximum absolute atomic E-state index is 10.2. The third kappa shape index (κ3) is 46.7. The molecule has 0 rings (SSSR count). The van der Waals surface area contributed by atoms with Crippen molar-refractivity contribution in [3.8, 4) is 0 Å². The minimum atomic E-state index is -4.24. The van der Waals surface area contributed by atoms with Gasteiger partial charge >= 0.3 is 43.9 Å². The Balaban J connectivity index is -0.000000608. The van der Waals surface area contributed by atoms with Crippen LogP contribution in [0.1, 0.15) is 155 Å². The first-order chi connectivity index (χ1) is 17.1. The zero-order valence-electron chi connectivity index (χ0n) is 23.8. The number of rotatable bonds is 26. The van der Waals surface area contributed by atoms with E-state index in [1.54, 1.807) is 0 Å². The molecule has 0 unspecified atom stereocenters. The first kappa shape index (κ1) is 42.0. The Morgan fingerprint density at radius 1 is 0.405 bits per heavy atom. The zero-order valence-corrected chi connectivity index (χ0v) is 26.9. The van der Waals surface area contributed by atoms with E-state index >= 15 is 0 Å². The Morgan fingerprint density at radius 3 is 0.784 bits per heavy atom. The molecule has 0 aliphatic heterocycles. The summed E-state index contributed by atoms with van der Waals surface area (Å²) in [4.78, 5) is 0. The Kier molecular flexibility index (Phi) is 35.2. The van der Waals surface area contributed by atoms with Gasteiger partial charge in [-0.05, 0) is 12.8 Å². The molecule has 0 saturated heterocycles. The molecule has 0 amide bonds. The predicted molar refractivity (Wildman–Crippen MR) is 154 cm³/mol. The molecule has 37 heavy (non-hydrogen) atoms. The van der Waals surface area contributed by atoms with E-state index in [9.17, 15) is 16.8 Å². The molecule has 2 N–H and O–H groups in total. The molecule has 0 aromatic carbocycles. The molecule has 0 radical (unpaired) electrons. The second-order valence-corrected chi connectivity index (χ2v) is 11.8. The van der Waals surface area contributed by atoms with Gasteiger partial charge in [-0.3, -0.25) is 9.11 Å². The fraction of sp³-hybridized carbons (Fsp3) is 1.00. The van der Waals surface area contributed by atoms with E-state index in [0.717, 1.165) is 25.7 Å². The molecule has 220 valence electrons. The molecule has 0 aliphatic rings. The summed E-state index contributed by atoms with van der Waals surface area (Å²) in [6.07, 6.45) is 26.5. The average Bonchev–Trinajstić information content (AvgIpc) is 2.79. The van der Waals surface area contributed by atoms with Crippen molar-refractivity contribution in [2.24, 2.45) is 0 Å². The van der Waals surface area contributed by atoms with Gasteiger partial charge < -0.3 is 0 Å². The quantitative estimate of drug-likeness (QED) is 0.0597. The van der Waals surface area contributed by atoms with Crippen LogP contribution < -0.4 is 0 Å². The molecule has 8 nitrogen and oxygen atoms in total. The average molecular weight is 585 g/mol. The van der Waals surface area contributed by atoms with Crippen LogP contribution in [0.25, 0.3) is 0 Å². The standard InChI is InChI=1S/2C13H28O4S.Mg/c2*1-2-3-4-5-6-7-8-9-10-11-12-13-17-18(14,15)16;/h2*2-13H2,1H3,(H,14,15,16);/q;;+2. The SMILES string of the molecule is CCCCCCCCCCCCCOS(=O)(=O)O.CCCCCCCCCCCCCOS(=O)(=O)O.[Mg+2]. The minimum Gasteiger partial charge on any atom is -0.264 e. The van der Waals surface area contributed by atoms with Gasteiger partial charge in [0.05, 0.1) is 13.2 Å². The van der Waals surface area contributed by atoms with Crippen molar-refractivity contribution < 1.29 is 34.3 Å². The van der Waals surface area contributed by atoms with Gasteiger partial charge in [0.1, 0.15) is 0 Å². The topological polar surface area (TPSA) is 127 Å². The van der Waals surface area contributed by atoms with Gasteiger partial charge in [-0.2, -0.15) is 16.8 Å². The van der Waals surface area contributed by atoms with Crippen LogP contribution in [0, 0.1) is 0 Å². The van der Waals surface area contributed by atoms with Crippen molar-refractivity contribution in [3.05, 3.63) is 0 Å². The van der Waals surface area contributed by atoms with E-state index in [0.29, 0.717) is 12.8 Å². The maximum atomic E-state index is 10.2. The normalized spacial score (nSPS) is 11.6. The molecule has 0 saturated carbocycles. The van der Waals surface area contributed by atoms with Gasteiger partial charge in [-0.1, -0.05) is 142 Å². The Bertz CT molecular complexity index is 587. The van der Waals surface area contributed by atoms with Gasteiger partial charge in [-0.25, -0.2) is 8.37 Å². The van der Waals surface area contributed by atoms with E-state index in [2.05, 4.69) is 22.2 Å². The first-order valence-electron chi connectivity index (χ1n) is 14.4. The number of hydrogen-bond acceptors (Lipinski definition) is 6. The fourth-order valence-corrected chi connectivity index (χ4v) is 4.52. The summed E-state index contributed by atoms with van der Waals surface area (Å²) in [5.74, 6) is 0. The van der Waals surface area contributed by atoms with Crippen molar-refractivity contribution in [1.29, 1.82) is 0 Å². The molecule has 0 bridgehead atoms. The van der Waals surface area contributed by atoms with Crippen LogP contribution in [0.15, 0.2) is 0 Å². The molecule has 0 aliphatic carbocycles. The largest absolute Gasteiger partial charge is 2.00 e. The van der Waals surface area contributed by atoms with Gasteiger partial charge in [0.25, 0.3) is 0 Å². The molecule has 0 spiro atoms. The van der Waals surface area contributed by atoms with Gasteiger partial charge in [-0.15, -0.1) is 0 Å². The van der Waals surface area contributed by atoms with Gasteiger partial charge in [0.2, 0.25) is 0 Å². The summed E-state index contributed by atoms with van der Waals surface area (Å²) in [6, 6.07) is 0. The van der Waals surface area contributed by atoms with Crippen molar-refractivity contribution in [1.82, 2.24) is 0 Å². The molecule has 11 heteroatoms. The van der Waals surface area contributed by atoms with Crippen molar-refractivity contribution in [2.45, 2.75) is 155 Å². The molecular formula is C26H56MgO8S2+2. The molecule has 0 fully saturated rings. The third-order valence-electron chi connectivity index (χ3n) is 5.96. The number of unbranched alkanes of at least 4 members (excludes halogenated alkanes) is 20. The van der Waals surface area contributed by atoms with Crippen LogP contribution in [0.4, 0.5) is 0 Å². The second-order valence-electron chi connectivity index (χ2n) is 9.57. The minimum absolute atomic E-state index is 0. The molecule has 0 aromatic rings. The summed E-state index contributed by atoms with van der Waals surface area (Å²) < 4.78 is 66.1. The van der Waals surface area contributed by atoms with E-state index < -0.39 is 20.8 Å². The van der Waals surface area contributed by atoms with Crippen LogP contribution in [0.3, 0.4) is 0 Å². The van der Waals surface area contributed by atoms with Crippen LogP contribution in [-0.2, 0) is 29.2 Å². The summed E-state index contributed by atoms with van der Waals surface area (Å²) in [6.45, 7) is 4.64. The summed E-state index contributed by atoms with van der Waals surface area (Å²) in [5, 5.41) is 0. The second kappa shape index (κ2) is 31.0. The van der Waals surface area contributed by atoms with Crippen LogP contribution in [-0.4, -0.2) is 62.2 Å². The van der Waals surface area contributed by atoms with E-state index in [4.69, 9.17) is 9.11 Å². The molecule has 0 atom stereocenters. The van der Waals surface area contributed by atoms with E-state index in [1.165, 1.54) is 103 Å². The van der Waals surface area contributed by atoms with Crippen molar-refractivity contribution in [2.75, 3.05) is 13.2 Å². The summed E-state index contributed by atoms with van der Waals surface area (Å²) >= 11 is 0. The van der Waals surface area contributed by atoms with Crippen LogP contribution in [0.2, 0.25) is 0 Å². The van der Waals surface area contributed by atoms with Crippen LogP contribution in [0.5, 0.6) is 0 Å².